The average Bonchev–Trinajstić information content (AvgIpc) is 2.91. The predicted octanol–water partition coefficient (Wildman–Crippen LogP) is 2.23. The fourth-order valence-corrected chi connectivity index (χ4v) is 3.18. The van der Waals surface area contributed by atoms with Crippen molar-refractivity contribution in [3.8, 4) is 0 Å². The molecule has 1 aliphatic heterocycles. The number of aryl methyl sites for hydroxylation is 2. The summed E-state index contributed by atoms with van der Waals surface area (Å²) in [5, 5.41) is 15.3. The van der Waals surface area contributed by atoms with Crippen molar-refractivity contribution < 1.29 is 4.92 Å². The lowest BCUT2D eigenvalue weighted by atomic mass is 10.2. The number of anilines is 1. The van der Waals surface area contributed by atoms with Crippen molar-refractivity contribution >= 4 is 11.5 Å². The highest BCUT2D eigenvalue weighted by atomic mass is 16.6. The Kier molecular flexibility index (Phi) is 5.28. The van der Waals surface area contributed by atoms with Crippen molar-refractivity contribution in [2.45, 2.75) is 33.4 Å². The van der Waals surface area contributed by atoms with Crippen LogP contribution in [0.2, 0.25) is 0 Å². The summed E-state index contributed by atoms with van der Waals surface area (Å²) in [4.78, 5) is 19.5. The van der Waals surface area contributed by atoms with Gasteiger partial charge in [-0.05, 0) is 26.3 Å². The molecule has 134 valence electrons. The summed E-state index contributed by atoms with van der Waals surface area (Å²) < 4.78 is 1.95. The molecule has 8 nitrogen and oxygen atoms in total. The molecule has 8 heteroatoms. The van der Waals surface area contributed by atoms with Gasteiger partial charge in [-0.25, -0.2) is 4.98 Å². The highest BCUT2D eigenvalue weighted by molar-refractivity contribution is 5.48. The monoisotopic (exact) mass is 344 g/mol. The fraction of sp³-hybridized carbons (Fsp3) is 0.529. The van der Waals surface area contributed by atoms with Crippen LogP contribution < -0.4 is 4.90 Å². The van der Waals surface area contributed by atoms with E-state index < -0.39 is 0 Å². The van der Waals surface area contributed by atoms with Gasteiger partial charge in [-0.3, -0.25) is 19.7 Å². The Morgan fingerprint density at radius 1 is 1.24 bits per heavy atom. The molecule has 0 unspecified atom stereocenters. The summed E-state index contributed by atoms with van der Waals surface area (Å²) >= 11 is 0. The molecule has 0 amide bonds. The number of pyridine rings is 1. The average molecular weight is 344 g/mol. The molecule has 0 saturated carbocycles. The quantitative estimate of drug-likeness (QED) is 0.611. The predicted molar refractivity (Wildman–Crippen MR) is 95.6 cm³/mol. The largest absolute Gasteiger partial charge is 0.355 e. The smallest absolute Gasteiger partial charge is 0.290 e. The van der Waals surface area contributed by atoms with E-state index in [-0.39, 0.29) is 10.6 Å². The van der Waals surface area contributed by atoms with Gasteiger partial charge in [0, 0.05) is 56.6 Å². The molecule has 1 aliphatic rings. The van der Waals surface area contributed by atoms with E-state index in [1.807, 2.05) is 16.9 Å². The lowest BCUT2D eigenvalue weighted by Gasteiger charge is -2.22. The van der Waals surface area contributed by atoms with Crippen molar-refractivity contribution in [1.29, 1.82) is 0 Å². The van der Waals surface area contributed by atoms with E-state index in [1.165, 1.54) is 11.8 Å². The van der Waals surface area contributed by atoms with Gasteiger partial charge in [0.15, 0.2) is 0 Å². The van der Waals surface area contributed by atoms with Gasteiger partial charge < -0.3 is 4.90 Å². The topological polar surface area (TPSA) is 80.3 Å². The van der Waals surface area contributed by atoms with E-state index >= 15 is 0 Å². The molecule has 0 aromatic carbocycles. The van der Waals surface area contributed by atoms with E-state index in [0.717, 1.165) is 51.5 Å². The third-order valence-electron chi connectivity index (χ3n) is 4.59. The van der Waals surface area contributed by atoms with Crippen LogP contribution in [0.3, 0.4) is 0 Å². The lowest BCUT2D eigenvalue weighted by molar-refractivity contribution is -0.385. The van der Waals surface area contributed by atoms with Gasteiger partial charge >= 0.3 is 0 Å². The Bertz CT molecular complexity index is 744. The molecular formula is C17H24N6O2. The van der Waals surface area contributed by atoms with Crippen molar-refractivity contribution in [2.24, 2.45) is 0 Å². The highest BCUT2D eigenvalue weighted by Crippen LogP contribution is 2.22. The van der Waals surface area contributed by atoms with Crippen LogP contribution in [0.15, 0.2) is 24.7 Å². The van der Waals surface area contributed by atoms with E-state index in [1.54, 1.807) is 6.92 Å². The van der Waals surface area contributed by atoms with Crippen LogP contribution in [0, 0.1) is 17.0 Å². The maximum atomic E-state index is 10.9. The lowest BCUT2D eigenvalue weighted by Crippen LogP contribution is -2.31. The number of hydrogen-bond acceptors (Lipinski definition) is 6. The summed E-state index contributed by atoms with van der Waals surface area (Å²) in [7, 11) is 0. The molecule has 0 N–H and O–H groups in total. The van der Waals surface area contributed by atoms with Crippen molar-refractivity contribution in [2.75, 3.05) is 31.1 Å². The molecule has 3 rings (SSSR count). The number of nitrogens with zero attached hydrogens (tertiary/aromatic N) is 6. The minimum Gasteiger partial charge on any atom is -0.355 e. The Balaban J connectivity index is 1.63. The maximum absolute atomic E-state index is 10.9. The first-order chi connectivity index (χ1) is 12.1. The number of aromatic nitrogens is 3. The van der Waals surface area contributed by atoms with Gasteiger partial charge in [-0.15, -0.1) is 0 Å². The number of nitro groups is 1. The summed E-state index contributed by atoms with van der Waals surface area (Å²) in [6.07, 6.45) is 6.45. The molecule has 0 atom stereocenters. The molecule has 2 aromatic heterocycles. The minimum absolute atomic E-state index is 0.0770. The SMILES string of the molecule is CCn1cc(CN2CCCN(c3cc(C)c([N+](=O)[O-])cn3)CC2)cn1. The van der Waals surface area contributed by atoms with Gasteiger partial charge in [0.1, 0.15) is 12.0 Å². The first-order valence-corrected chi connectivity index (χ1v) is 8.66. The van der Waals surface area contributed by atoms with E-state index in [2.05, 4.69) is 33.0 Å². The molecule has 2 aromatic rings. The van der Waals surface area contributed by atoms with E-state index in [9.17, 15) is 10.1 Å². The molecule has 1 fully saturated rings. The number of hydrogen-bond donors (Lipinski definition) is 0. The molecule has 0 radical (unpaired) electrons. The van der Waals surface area contributed by atoms with E-state index in [4.69, 9.17) is 0 Å². The molecule has 0 spiro atoms. The second-order valence-electron chi connectivity index (χ2n) is 6.41. The zero-order valence-electron chi connectivity index (χ0n) is 14.8. The van der Waals surface area contributed by atoms with Crippen LogP contribution in [0.5, 0.6) is 0 Å². The van der Waals surface area contributed by atoms with Gasteiger partial charge in [-0.1, -0.05) is 0 Å². The number of rotatable bonds is 5. The molecular weight excluding hydrogens is 320 g/mol. The zero-order chi connectivity index (χ0) is 17.8. The van der Waals surface area contributed by atoms with Crippen molar-refractivity contribution in [3.05, 3.63) is 45.9 Å². The van der Waals surface area contributed by atoms with Crippen LogP contribution >= 0.6 is 0 Å². The Labute approximate surface area is 147 Å². The second kappa shape index (κ2) is 7.60. The summed E-state index contributed by atoms with van der Waals surface area (Å²) in [6, 6.07) is 1.82. The summed E-state index contributed by atoms with van der Waals surface area (Å²) in [5.74, 6) is 0.823. The maximum Gasteiger partial charge on any atom is 0.290 e. The standard InChI is InChI=1S/C17H24N6O2/c1-3-22-13-15(10-19-22)12-20-5-4-6-21(8-7-20)17-9-14(2)16(11-18-17)23(24)25/h9-11,13H,3-8,12H2,1-2H3. The molecule has 3 heterocycles. The Hall–Kier alpha value is -2.48. The van der Waals surface area contributed by atoms with Gasteiger partial charge in [0.05, 0.1) is 11.1 Å². The van der Waals surface area contributed by atoms with Gasteiger partial charge in [0.25, 0.3) is 5.69 Å². The molecule has 1 saturated heterocycles. The van der Waals surface area contributed by atoms with Crippen molar-refractivity contribution in [1.82, 2.24) is 19.7 Å². The third kappa shape index (κ3) is 4.14. The Morgan fingerprint density at radius 3 is 2.76 bits per heavy atom. The molecule has 0 bridgehead atoms. The van der Waals surface area contributed by atoms with Gasteiger partial charge in [-0.2, -0.15) is 5.10 Å². The summed E-state index contributed by atoms with van der Waals surface area (Å²) in [6.45, 7) is 9.38. The molecule has 25 heavy (non-hydrogen) atoms. The normalized spacial score (nSPS) is 16.0. The minimum atomic E-state index is -0.382. The van der Waals surface area contributed by atoms with E-state index in [0.29, 0.717) is 5.56 Å². The molecule has 0 aliphatic carbocycles. The van der Waals surface area contributed by atoms with Crippen LogP contribution in [0.4, 0.5) is 11.5 Å². The van der Waals surface area contributed by atoms with Gasteiger partial charge in [0.2, 0.25) is 0 Å². The fourth-order valence-electron chi connectivity index (χ4n) is 3.18. The summed E-state index contributed by atoms with van der Waals surface area (Å²) in [5.41, 5.74) is 1.97. The third-order valence-corrected chi connectivity index (χ3v) is 4.59. The second-order valence-corrected chi connectivity index (χ2v) is 6.41. The highest BCUT2D eigenvalue weighted by Gasteiger charge is 2.19. The first-order valence-electron chi connectivity index (χ1n) is 8.66. The Morgan fingerprint density at radius 2 is 2.08 bits per heavy atom. The van der Waals surface area contributed by atoms with Crippen LogP contribution in [0.1, 0.15) is 24.5 Å². The van der Waals surface area contributed by atoms with Crippen LogP contribution in [-0.2, 0) is 13.1 Å². The van der Waals surface area contributed by atoms with Crippen molar-refractivity contribution in [3.63, 3.8) is 0 Å². The zero-order valence-corrected chi connectivity index (χ0v) is 14.8. The first kappa shape index (κ1) is 17.3. The van der Waals surface area contributed by atoms with Crippen LogP contribution in [0.25, 0.3) is 0 Å². The van der Waals surface area contributed by atoms with Crippen LogP contribution in [-0.4, -0.2) is 50.8 Å².